The van der Waals surface area contributed by atoms with Crippen LogP contribution >= 0.6 is 0 Å². The van der Waals surface area contributed by atoms with Crippen molar-refractivity contribution in [3.05, 3.63) is 30.0 Å². The van der Waals surface area contributed by atoms with Crippen molar-refractivity contribution in [1.82, 2.24) is 20.3 Å². The summed E-state index contributed by atoms with van der Waals surface area (Å²) in [6.45, 7) is 5.05. The maximum Gasteiger partial charge on any atom is 0.119 e. The second kappa shape index (κ2) is 5.84. The summed E-state index contributed by atoms with van der Waals surface area (Å²) in [5.74, 6) is 0.861. The molecule has 0 aliphatic carbocycles. The highest BCUT2D eigenvalue weighted by Crippen LogP contribution is 2.26. The lowest BCUT2D eigenvalue weighted by Gasteiger charge is -2.14. The molecule has 0 saturated carbocycles. The molecule has 1 aromatic heterocycles. The highest BCUT2D eigenvalue weighted by atomic mass is 16.5. The number of rotatable bonds is 5. The van der Waals surface area contributed by atoms with Gasteiger partial charge < -0.3 is 10.1 Å². The van der Waals surface area contributed by atoms with E-state index in [0.717, 1.165) is 23.6 Å². The van der Waals surface area contributed by atoms with E-state index in [4.69, 9.17) is 4.74 Å². The third kappa shape index (κ3) is 3.12. The number of benzene rings is 1. The van der Waals surface area contributed by atoms with E-state index in [0.29, 0.717) is 6.04 Å². The van der Waals surface area contributed by atoms with Crippen LogP contribution in [0.4, 0.5) is 0 Å². The molecule has 0 aliphatic rings. The summed E-state index contributed by atoms with van der Waals surface area (Å²) in [4.78, 5) is 0. The van der Waals surface area contributed by atoms with E-state index in [1.165, 1.54) is 5.56 Å². The van der Waals surface area contributed by atoms with Gasteiger partial charge in [0.25, 0.3) is 0 Å². The molecular weight excluding hydrogens is 240 g/mol. The SMILES string of the molecule is COc1ccc(-c2cnnn2C)c(CNC(C)C)c1. The lowest BCUT2D eigenvalue weighted by Crippen LogP contribution is -2.22. The van der Waals surface area contributed by atoms with Crippen LogP contribution in [0.1, 0.15) is 19.4 Å². The van der Waals surface area contributed by atoms with Crippen LogP contribution < -0.4 is 10.1 Å². The van der Waals surface area contributed by atoms with E-state index in [2.05, 4.69) is 41.6 Å². The van der Waals surface area contributed by atoms with Gasteiger partial charge in [-0.2, -0.15) is 0 Å². The second-order valence-electron chi connectivity index (χ2n) is 4.80. The summed E-state index contributed by atoms with van der Waals surface area (Å²) >= 11 is 0. The molecule has 2 aromatic rings. The van der Waals surface area contributed by atoms with E-state index in [-0.39, 0.29) is 0 Å². The molecule has 1 heterocycles. The van der Waals surface area contributed by atoms with E-state index in [9.17, 15) is 0 Å². The zero-order valence-electron chi connectivity index (χ0n) is 11.8. The van der Waals surface area contributed by atoms with Gasteiger partial charge in [-0.1, -0.05) is 19.1 Å². The number of nitrogens with zero attached hydrogens (tertiary/aromatic N) is 3. The number of hydrogen-bond acceptors (Lipinski definition) is 4. The van der Waals surface area contributed by atoms with Crippen LogP contribution in [-0.4, -0.2) is 28.1 Å². The van der Waals surface area contributed by atoms with Gasteiger partial charge in [0.1, 0.15) is 5.75 Å². The molecule has 0 amide bonds. The molecule has 0 atom stereocenters. The smallest absolute Gasteiger partial charge is 0.119 e. The number of ether oxygens (including phenoxy) is 1. The van der Waals surface area contributed by atoms with Crippen molar-refractivity contribution >= 4 is 0 Å². The standard InChI is InChI=1S/C14H20N4O/c1-10(2)15-8-11-7-12(19-4)5-6-13(11)14-9-16-17-18(14)3/h5-7,9-10,15H,8H2,1-4H3. The van der Waals surface area contributed by atoms with Crippen LogP contribution in [-0.2, 0) is 13.6 Å². The highest BCUT2D eigenvalue weighted by Gasteiger charge is 2.11. The minimum Gasteiger partial charge on any atom is -0.497 e. The largest absolute Gasteiger partial charge is 0.497 e. The lowest BCUT2D eigenvalue weighted by atomic mass is 10.0. The first-order valence-electron chi connectivity index (χ1n) is 6.37. The zero-order valence-corrected chi connectivity index (χ0v) is 11.8. The van der Waals surface area contributed by atoms with Gasteiger partial charge >= 0.3 is 0 Å². The molecule has 5 nitrogen and oxygen atoms in total. The lowest BCUT2D eigenvalue weighted by molar-refractivity contribution is 0.414. The van der Waals surface area contributed by atoms with Crippen LogP contribution in [0.15, 0.2) is 24.4 Å². The molecule has 0 spiro atoms. The quantitative estimate of drug-likeness (QED) is 0.893. The Kier molecular flexibility index (Phi) is 4.16. The van der Waals surface area contributed by atoms with Gasteiger partial charge in [0.2, 0.25) is 0 Å². The first-order valence-corrected chi connectivity index (χ1v) is 6.37. The van der Waals surface area contributed by atoms with Gasteiger partial charge in [0, 0.05) is 25.2 Å². The molecule has 5 heteroatoms. The molecule has 19 heavy (non-hydrogen) atoms. The van der Waals surface area contributed by atoms with Gasteiger partial charge in [-0.3, -0.25) is 0 Å². The second-order valence-corrected chi connectivity index (χ2v) is 4.80. The minimum atomic E-state index is 0.434. The zero-order chi connectivity index (χ0) is 13.8. The van der Waals surface area contributed by atoms with Crippen molar-refractivity contribution in [3.63, 3.8) is 0 Å². The summed E-state index contributed by atoms with van der Waals surface area (Å²) in [5.41, 5.74) is 3.31. The normalized spacial score (nSPS) is 11.0. The molecule has 0 unspecified atom stereocenters. The number of nitrogens with one attached hydrogen (secondary N) is 1. The summed E-state index contributed by atoms with van der Waals surface area (Å²) in [6, 6.07) is 6.50. The van der Waals surface area contributed by atoms with Crippen molar-refractivity contribution in [2.45, 2.75) is 26.4 Å². The molecule has 0 radical (unpaired) electrons. The van der Waals surface area contributed by atoms with Crippen molar-refractivity contribution < 1.29 is 4.74 Å². The average Bonchev–Trinajstić information content (AvgIpc) is 2.82. The maximum atomic E-state index is 5.30. The molecule has 2 rings (SSSR count). The molecule has 0 fully saturated rings. The van der Waals surface area contributed by atoms with Crippen LogP contribution in [0.2, 0.25) is 0 Å². The third-order valence-electron chi connectivity index (χ3n) is 3.00. The summed E-state index contributed by atoms with van der Waals surface area (Å²) in [6.07, 6.45) is 1.78. The predicted molar refractivity (Wildman–Crippen MR) is 75.0 cm³/mol. The van der Waals surface area contributed by atoms with Gasteiger partial charge in [-0.25, -0.2) is 4.68 Å². The molecule has 0 aliphatic heterocycles. The fourth-order valence-electron chi connectivity index (χ4n) is 1.94. The Hall–Kier alpha value is -1.88. The van der Waals surface area contributed by atoms with Crippen LogP contribution in [0.25, 0.3) is 11.3 Å². The summed E-state index contributed by atoms with van der Waals surface area (Å²) < 4.78 is 7.08. The molecule has 1 N–H and O–H groups in total. The summed E-state index contributed by atoms with van der Waals surface area (Å²) in [5, 5.41) is 11.4. The fraction of sp³-hybridized carbons (Fsp3) is 0.429. The van der Waals surface area contributed by atoms with Crippen molar-refractivity contribution in [2.24, 2.45) is 7.05 Å². The Labute approximate surface area is 113 Å². The van der Waals surface area contributed by atoms with Crippen molar-refractivity contribution in [1.29, 1.82) is 0 Å². The fourth-order valence-corrected chi connectivity index (χ4v) is 1.94. The van der Waals surface area contributed by atoms with Gasteiger partial charge in [0.05, 0.1) is 19.0 Å². The van der Waals surface area contributed by atoms with E-state index in [1.807, 2.05) is 13.1 Å². The van der Waals surface area contributed by atoms with Crippen LogP contribution in [0.5, 0.6) is 5.75 Å². The number of aromatic nitrogens is 3. The molecular formula is C14H20N4O. The monoisotopic (exact) mass is 260 g/mol. The van der Waals surface area contributed by atoms with Crippen LogP contribution in [0, 0.1) is 0 Å². The Bertz CT molecular complexity index is 548. The summed E-state index contributed by atoms with van der Waals surface area (Å²) in [7, 11) is 3.58. The number of methoxy groups -OCH3 is 1. The number of hydrogen-bond donors (Lipinski definition) is 1. The number of aryl methyl sites for hydroxylation is 1. The van der Waals surface area contributed by atoms with Gasteiger partial charge in [0.15, 0.2) is 0 Å². The first-order chi connectivity index (χ1) is 9.11. The average molecular weight is 260 g/mol. The Morgan fingerprint density at radius 3 is 2.74 bits per heavy atom. The van der Waals surface area contributed by atoms with Crippen molar-refractivity contribution in [2.75, 3.05) is 7.11 Å². The Morgan fingerprint density at radius 2 is 2.16 bits per heavy atom. The van der Waals surface area contributed by atoms with E-state index < -0.39 is 0 Å². The molecule has 102 valence electrons. The maximum absolute atomic E-state index is 5.30. The molecule has 1 aromatic carbocycles. The topological polar surface area (TPSA) is 52.0 Å². The molecule has 0 bridgehead atoms. The van der Waals surface area contributed by atoms with E-state index >= 15 is 0 Å². The predicted octanol–water partition coefficient (Wildman–Crippen LogP) is 1.99. The highest BCUT2D eigenvalue weighted by molar-refractivity contribution is 5.64. The van der Waals surface area contributed by atoms with Crippen LogP contribution in [0.3, 0.4) is 0 Å². The Balaban J connectivity index is 2.39. The third-order valence-corrected chi connectivity index (χ3v) is 3.00. The van der Waals surface area contributed by atoms with Crippen molar-refractivity contribution in [3.8, 4) is 17.0 Å². The van der Waals surface area contributed by atoms with Gasteiger partial charge in [-0.15, -0.1) is 5.10 Å². The Morgan fingerprint density at radius 1 is 1.37 bits per heavy atom. The minimum absolute atomic E-state index is 0.434. The van der Waals surface area contributed by atoms with Gasteiger partial charge in [-0.05, 0) is 23.8 Å². The first kappa shape index (κ1) is 13.5. The van der Waals surface area contributed by atoms with E-state index in [1.54, 1.807) is 18.0 Å². The molecule has 0 saturated heterocycles.